The van der Waals surface area contributed by atoms with Crippen molar-refractivity contribution in [3.8, 4) is 0 Å². The summed E-state index contributed by atoms with van der Waals surface area (Å²) in [7, 11) is 0. The van der Waals surface area contributed by atoms with Gasteiger partial charge in [0.15, 0.2) is 6.10 Å². The summed E-state index contributed by atoms with van der Waals surface area (Å²) < 4.78 is 10.6. The first-order valence-electron chi connectivity index (χ1n) is 24.5. The third-order valence-electron chi connectivity index (χ3n) is 10.9. The highest BCUT2D eigenvalue weighted by Gasteiger charge is 2.16. The van der Waals surface area contributed by atoms with E-state index in [0.29, 0.717) is 12.8 Å². The van der Waals surface area contributed by atoms with Crippen LogP contribution in [0.25, 0.3) is 0 Å². The van der Waals surface area contributed by atoms with Crippen LogP contribution in [0.1, 0.15) is 258 Å². The third kappa shape index (κ3) is 44.8. The standard InChI is InChI=1S/C51H94O5/c1-3-5-7-9-11-13-15-16-17-18-19-20-21-22-23-24-25-26-27-28-29-30-31-32-33-34-36-38-40-42-44-46-51(54)56-49(47-52)48-55-50(53)45-43-41-39-37-35-14-12-10-8-6-4-2/h15-16,18-19,21-22,49,52H,3-14,17,20,23-48H2,1-2H3/b16-15-,19-18-,22-21-. The van der Waals surface area contributed by atoms with E-state index in [-0.39, 0.29) is 25.2 Å². The summed E-state index contributed by atoms with van der Waals surface area (Å²) in [5, 5.41) is 9.58. The van der Waals surface area contributed by atoms with Gasteiger partial charge in [-0.3, -0.25) is 9.59 Å². The molecule has 328 valence electrons. The Balaban J connectivity index is 3.44. The van der Waals surface area contributed by atoms with Crippen LogP contribution >= 0.6 is 0 Å². The molecule has 0 aliphatic rings. The summed E-state index contributed by atoms with van der Waals surface area (Å²) >= 11 is 0. The van der Waals surface area contributed by atoms with Crippen LogP contribution in [0.5, 0.6) is 0 Å². The summed E-state index contributed by atoms with van der Waals surface area (Å²) in [5.41, 5.74) is 0. The molecule has 0 aromatic carbocycles. The van der Waals surface area contributed by atoms with Crippen molar-refractivity contribution < 1.29 is 24.2 Å². The van der Waals surface area contributed by atoms with Gasteiger partial charge in [-0.15, -0.1) is 0 Å². The fourth-order valence-corrected chi connectivity index (χ4v) is 7.21. The van der Waals surface area contributed by atoms with Gasteiger partial charge in [-0.25, -0.2) is 0 Å². The second kappa shape index (κ2) is 47.5. The van der Waals surface area contributed by atoms with Gasteiger partial charge in [-0.05, 0) is 51.4 Å². The summed E-state index contributed by atoms with van der Waals surface area (Å²) in [4.78, 5) is 24.3. The SMILES string of the molecule is CCCCCCC/C=C\C/C=C\C/C=C\CCCCCCCCCCCCCCCCCCC(=O)OC(CO)COC(=O)CCCCCCCCCCCCC. The number of allylic oxidation sites excluding steroid dienone is 6. The van der Waals surface area contributed by atoms with Gasteiger partial charge in [0, 0.05) is 12.8 Å². The minimum atomic E-state index is -0.767. The van der Waals surface area contributed by atoms with E-state index in [1.165, 1.54) is 180 Å². The van der Waals surface area contributed by atoms with Crippen LogP contribution in [-0.4, -0.2) is 36.4 Å². The zero-order valence-corrected chi connectivity index (χ0v) is 37.4. The molecule has 0 radical (unpaired) electrons. The molecule has 0 spiro atoms. The summed E-state index contributed by atoms with van der Waals surface area (Å²) in [6.45, 7) is 4.14. The minimum absolute atomic E-state index is 0.0612. The molecule has 0 fully saturated rings. The Bertz CT molecular complexity index is 893. The smallest absolute Gasteiger partial charge is 0.306 e. The molecule has 0 saturated carbocycles. The second-order valence-electron chi connectivity index (χ2n) is 16.5. The maximum atomic E-state index is 12.2. The summed E-state index contributed by atoms with van der Waals surface area (Å²) in [5.74, 6) is -0.581. The molecular formula is C51H94O5. The van der Waals surface area contributed by atoms with Crippen LogP contribution in [0.4, 0.5) is 0 Å². The Labute approximate surface area is 348 Å². The Morgan fingerprint density at radius 2 is 0.714 bits per heavy atom. The zero-order chi connectivity index (χ0) is 40.7. The fourth-order valence-electron chi connectivity index (χ4n) is 7.21. The number of hydrogen-bond acceptors (Lipinski definition) is 5. The predicted octanol–water partition coefficient (Wildman–Crippen LogP) is 16.0. The van der Waals surface area contributed by atoms with Crippen molar-refractivity contribution in [2.45, 2.75) is 264 Å². The van der Waals surface area contributed by atoms with Gasteiger partial charge in [-0.1, -0.05) is 230 Å². The largest absolute Gasteiger partial charge is 0.462 e. The van der Waals surface area contributed by atoms with Crippen molar-refractivity contribution in [1.82, 2.24) is 0 Å². The lowest BCUT2D eigenvalue weighted by Gasteiger charge is -2.15. The maximum absolute atomic E-state index is 12.2. The average molecular weight is 787 g/mol. The Hall–Kier alpha value is -1.88. The van der Waals surface area contributed by atoms with Crippen LogP contribution in [-0.2, 0) is 19.1 Å². The first kappa shape index (κ1) is 54.1. The highest BCUT2D eigenvalue weighted by molar-refractivity contribution is 5.70. The molecule has 5 nitrogen and oxygen atoms in total. The lowest BCUT2D eigenvalue weighted by atomic mass is 10.0. The summed E-state index contributed by atoms with van der Waals surface area (Å²) in [6, 6.07) is 0. The number of carbonyl (C=O) groups excluding carboxylic acids is 2. The molecule has 0 saturated heterocycles. The van der Waals surface area contributed by atoms with Crippen molar-refractivity contribution in [3.63, 3.8) is 0 Å². The molecule has 0 aromatic heterocycles. The van der Waals surface area contributed by atoms with Gasteiger partial charge in [0.2, 0.25) is 0 Å². The molecule has 0 bridgehead atoms. The molecule has 0 aliphatic heterocycles. The molecular weight excluding hydrogens is 693 g/mol. The van der Waals surface area contributed by atoms with E-state index >= 15 is 0 Å². The number of aliphatic hydroxyl groups excluding tert-OH is 1. The molecule has 0 heterocycles. The highest BCUT2D eigenvalue weighted by atomic mass is 16.6. The highest BCUT2D eigenvalue weighted by Crippen LogP contribution is 2.16. The van der Waals surface area contributed by atoms with Crippen molar-refractivity contribution in [2.24, 2.45) is 0 Å². The molecule has 0 rings (SSSR count). The van der Waals surface area contributed by atoms with Gasteiger partial charge < -0.3 is 14.6 Å². The number of ether oxygens (including phenoxy) is 2. The Morgan fingerprint density at radius 1 is 0.411 bits per heavy atom. The van der Waals surface area contributed by atoms with Crippen LogP contribution in [0, 0.1) is 0 Å². The van der Waals surface area contributed by atoms with E-state index in [2.05, 4.69) is 50.3 Å². The van der Waals surface area contributed by atoms with Crippen LogP contribution < -0.4 is 0 Å². The third-order valence-corrected chi connectivity index (χ3v) is 10.9. The molecule has 1 N–H and O–H groups in total. The predicted molar refractivity (Wildman–Crippen MR) is 242 cm³/mol. The van der Waals surface area contributed by atoms with Crippen LogP contribution in [0.2, 0.25) is 0 Å². The van der Waals surface area contributed by atoms with E-state index in [0.717, 1.165) is 51.4 Å². The van der Waals surface area contributed by atoms with Crippen LogP contribution in [0.15, 0.2) is 36.5 Å². The van der Waals surface area contributed by atoms with E-state index in [4.69, 9.17) is 9.47 Å². The van der Waals surface area contributed by atoms with E-state index in [1.807, 2.05) is 0 Å². The summed E-state index contributed by atoms with van der Waals surface area (Å²) in [6.07, 6.45) is 59.6. The van der Waals surface area contributed by atoms with Gasteiger partial charge >= 0.3 is 11.9 Å². The molecule has 5 heteroatoms. The average Bonchev–Trinajstić information content (AvgIpc) is 3.20. The first-order chi connectivity index (χ1) is 27.6. The normalized spacial score (nSPS) is 12.4. The number of esters is 2. The minimum Gasteiger partial charge on any atom is -0.462 e. The number of unbranched alkanes of at least 4 members (excludes halogenated alkanes) is 31. The molecule has 1 unspecified atom stereocenters. The number of rotatable bonds is 45. The number of aliphatic hydroxyl groups is 1. The molecule has 1 atom stereocenters. The van der Waals surface area contributed by atoms with Gasteiger partial charge in [-0.2, -0.15) is 0 Å². The maximum Gasteiger partial charge on any atom is 0.306 e. The van der Waals surface area contributed by atoms with Gasteiger partial charge in [0.1, 0.15) is 6.61 Å². The Kier molecular flexibility index (Phi) is 45.9. The Morgan fingerprint density at radius 3 is 1.07 bits per heavy atom. The topological polar surface area (TPSA) is 72.8 Å². The molecule has 0 aliphatic carbocycles. The van der Waals surface area contributed by atoms with E-state index < -0.39 is 6.10 Å². The first-order valence-corrected chi connectivity index (χ1v) is 24.5. The van der Waals surface area contributed by atoms with Gasteiger partial charge in [0.05, 0.1) is 6.61 Å². The fraction of sp³-hybridized carbons (Fsp3) is 0.843. The van der Waals surface area contributed by atoms with Crippen molar-refractivity contribution in [1.29, 1.82) is 0 Å². The molecule has 56 heavy (non-hydrogen) atoms. The number of carbonyl (C=O) groups is 2. The zero-order valence-electron chi connectivity index (χ0n) is 37.4. The van der Waals surface area contributed by atoms with Crippen LogP contribution in [0.3, 0.4) is 0 Å². The lowest BCUT2D eigenvalue weighted by Crippen LogP contribution is -2.28. The van der Waals surface area contributed by atoms with Crippen molar-refractivity contribution in [3.05, 3.63) is 36.5 Å². The molecule has 0 amide bonds. The van der Waals surface area contributed by atoms with E-state index in [9.17, 15) is 14.7 Å². The number of hydrogen-bond donors (Lipinski definition) is 1. The second-order valence-corrected chi connectivity index (χ2v) is 16.5. The van der Waals surface area contributed by atoms with Gasteiger partial charge in [0.25, 0.3) is 0 Å². The lowest BCUT2D eigenvalue weighted by molar-refractivity contribution is -0.161. The monoisotopic (exact) mass is 787 g/mol. The van der Waals surface area contributed by atoms with E-state index in [1.54, 1.807) is 0 Å². The van der Waals surface area contributed by atoms with Crippen molar-refractivity contribution in [2.75, 3.05) is 13.2 Å². The quantitative estimate of drug-likeness (QED) is 0.0378. The van der Waals surface area contributed by atoms with Crippen molar-refractivity contribution >= 4 is 11.9 Å². The molecule has 0 aromatic rings.